The molecule has 178 valence electrons. The Morgan fingerprint density at radius 2 is 2.12 bits per heavy atom. The van der Waals surface area contributed by atoms with Crippen molar-refractivity contribution >= 4 is 44.6 Å². The molecule has 9 heteroatoms. The number of carbonyl (C=O) groups excluding carboxylic acids is 1. The summed E-state index contributed by atoms with van der Waals surface area (Å²) in [5, 5.41) is 27.2. The minimum atomic E-state index is -0.670. The Morgan fingerprint density at radius 1 is 1.33 bits per heavy atom. The Labute approximate surface area is 202 Å². The molecule has 2 heterocycles. The number of phenols is 1. The van der Waals surface area contributed by atoms with Gasteiger partial charge in [0.1, 0.15) is 6.23 Å². The van der Waals surface area contributed by atoms with E-state index in [0.717, 1.165) is 29.8 Å². The second kappa shape index (κ2) is 9.56. The number of benzene rings is 2. The molecule has 4 N–H and O–H groups in total. The van der Waals surface area contributed by atoms with E-state index in [2.05, 4.69) is 30.7 Å². The van der Waals surface area contributed by atoms with E-state index in [1.165, 1.54) is 7.11 Å². The normalized spacial score (nSPS) is 18.0. The summed E-state index contributed by atoms with van der Waals surface area (Å²) < 4.78 is 5.30. The fraction of sp³-hybridized carbons (Fsp3) is 0.458. The molecule has 2 aromatic carbocycles. The van der Waals surface area contributed by atoms with E-state index in [1.807, 2.05) is 33.9 Å². The van der Waals surface area contributed by atoms with Crippen LogP contribution in [-0.2, 0) is 6.42 Å². The SMILES string of the molecule is COc1cc2c(cc1O)NC[C@@H]1Cc3ccc(NC(O)CCC(C)(C)SSC)cc3N1C2=O. The van der Waals surface area contributed by atoms with Crippen molar-refractivity contribution in [3.8, 4) is 11.5 Å². The first kappa shape index (κ1) is 23.9. The molecular formula is C24H31N3O4S2. The third kappa shape index (κ3) is 5.00. The van der Waals surface area contributed by atoms with Crippen LogP contribution < -0.4 is 20.3 Å². The number of hydrogen-bond donors (Lipinski definition) is 4. The lowest BCUT2D eigenvalue weighted by Gasteiger charge is -2.25. The molecule has 7 nitrogen and oxygen atoms in total. The van der Waals surface area contributed by atoms with Crippen LogP contribution in [0.1, 0.15) is 42.6 Å². The van der Waals surface area contributed by atoms with E-state index in [9.17, 15) is 15.0 Å². The van der Waals surface area contributed by atoms with Gasteiger partial charge in [0.25, 0.3) is 5.91 Å². The summed E-state index contributed by atoms with van der Waals surface area (Å²) in [4.78, 5) is 15.4. The maximum atomic E-state index is 13.5. The standard InChI is InChI=1S/C24H31N3O4S2/c1-24(2,33-32-4)8-7-22(29)26-15-6-5-14-9-16-13-25-18-12-20(28)21(31-3)11-17(18)23(30)27(16)19(14)10-15/h5-6,10-12,16,22,25-26,28-29H,7-9,13H2,1-4H3/t16-,22?/m0/s1. The Hall–Kier alpha value is -2.23. The molecule has 4 rings (SSSR count). The third-order valence-corrected chi connectivity index (χ3v) is 8.80. The molecule has 0 aromatic heterocycles. The van der Waals surface area contributed by atoms with E-state index >= 15 is 0 Å². The molecule has 0 saturated heterocycles. The molecule has 1 amide bonds. The molecule has 2 aliphatic rings. The maximum Gasteiger partial charge on any atom is 0.260 e. The molecule has 2 atom stereocenters. The van der Waals surface area contributed by atoms with Gasteiger partial charge in [-0.15, -0.1) is 0 Å². The Morgan fingerprint density at radius 3 is 2.85 bits per heavy atom. The quantitative estimate of drug-likeness (QED) is 0.313. The van der Waals surface area contributed by atoms with Crippen molar-refractivity contribution in [1.29, 1.82) is 0 Å². The molecule has 0 spiro atoms. The van der Waals surface area contributed by atoms with Gasteiger partial charge < -0.3 is 30.5 Å². The highest BCUT2D eigenvalue weighted by molar-refractivity contribution is 8.76. The van der Waals surface area contributed by atoms with Gasteiger partial charge in [0, 0.05) is 28.7 Å². The van der Waals surface area contributed by atoms with Crippen molar-refractivity contribution in [2.45, 2.75) is 50.1 Å². The van der Waals surface area contributed by atoms with Crippen LogP contribution in [0.25, 0.3) is 0 Å². The number of phenolic OH excluding ortho intramolecular Hbond substituents is 1. The number of nitrogens with one attached hydrogen (secondary N) is 2. The molecule has 0 bridgehead atoms. The van der Waals surface area contributed by atoms with Crippen molar-refractivity contribution in [1.82, 2.24) is 0 Å². The first-order chi connectivity index (χ1) is 15.7. The second-order valence-corrected chi connectivity index (χ2v) is 12.1. The van der Waals surface area contributed by atoms with E-state index in [1.54, 1.807) is 22.9 Å². The summed E-state index contributed by atoms with van der Waals surface area (Å²) in [6.45, 7) is 4.94. The van der Waals surface area contributed by atoms with E-state index in [4.69, 9.17) is 4.74 Å². The third-order valence-electron chi connectivity index (χ3n) is 6.12. The predicted octanol–water partition coefficient (Wildman–Crippen LogP) is 4.70. The summed E-state index contributed by atoms with van der Waals surface area (Å²) in [7, 11) is 5.02. The number of nitrogens with zero attached hydrogens (tertiary/aromatic N) is 1. The van der Waals surface area contributed by atoms with Gasteiger partial charge in [-0.2, -0.15) is 0 Å². The zero-order chi connectivity index (χ0) is 23.8. The number of aliphatic hydroxyl groups excluding tert-OH is 1. The minimum absolute atomic E-state index is 0.00130. The minimum Gasteiger partial charge on any atom is -0.504 e. The average molecular weight is 490 g/mol. The Balaban J connectivity index is 1.54. The van der Waals surface area contributed by atoms with Crippen molar-refractivity contribution < 1.29 is 19.7 Å². The van der Waals surface area contributed by atoms with E-state index in [-0.39, 0.29) is 28.2 Å². The van der Waals surface area contributed by atoms with Crippen LogP contribution in [0, 0.1) is 0 Å². The van der Waals surface area contributed by atoms with E-state index < -0.39 is 6.23 Å². The summed E-state index contributed by atoms with van der Waals surface area (Å²) in [6, 6.07) is 9.03. The number of ether oxygens (including phenoxy) is 1. The summed E-state index contributed by atoms with van der Waals surface area (Å²) >= 11 is 0. The summed E-state index contributed by atoms with van der Waals surface area (Å²) in [6.07, 6.45) is 3.64. The molecular weight excluding hydrogens is 458 g/mol. The molecule has 0 radical (unpaired) electrons. The fourth-order valence-corrected chi connectivity index (χ4v) is 6.72. The predicted molar refractivity (Wildman–Crippen MR) is 138 cm³/mol. The lowest BCUT2D eigenvalue weighted by Crippen LogP contribution is -2.39. The van der Waals surface area contributed by atoms with Crippen molar-refractivity contribution in [3.05, 3.63) is 41.5 Å². The number of aliphatic hydroxyl groups is 1. The average Bonchev–Trinajstić information content (AvgIpc) is 3.07. The van der Waals surface area contributed by atoms with Crippen LogP contribution in [0.2, 0.25) is 0 Å². The van der Waals surface area contributed by atoms with Gasteiger partial charge >= 0.3 is 0 Å². The van der Waals surface area contributed by atoms with Gasteiger partial charge in [-0.1, -0.05) is 27.7 Å². The highest BCUT2D eigenvalue weighted by Gasteiger charge is 2.38. The number of fused-ring (bicyclic) bond motifs is 4. The van der Waals surface area contributed by atoms with Gasteiger partial charge in [0.2, 0.25) is 0 Å². The van der Waals surface area contributed by atoms with Crippen LogP contribution in [0.4, 0.5) is 17.1 Å². The number of amides is 1. The number of hydrogen-bond acceptors (Lipinski definition) is 8. The van der Waals surface area contributed by atoms with Crippen molar-refractivity contribution in [2.24, 2.45) is 0 Å². The van der Waals surface area contributed by atoms with Gasteiger partial charge in [-0.25, -0.2) is 0 Å². The van der Waals surface area contributed by atoms with Crippen LogP contribution in [0.3, 0.4) is 0 Å². The van der Waals surface area contributed by atoms with Crippen molar-refractivity contribution in [2.75, 3.05) is 35.4 Å². The van der Waals surface area contributed by atoms with Crippen LogP contribution in [-0.4, -0.2) is 53.0 Å². The summed E-state index contributed by atoms with van der Waals surface area (Å²) in [5.41, 5.74) is 3.80. The lowest BCUT2D eigenvalue weighted by molar-refractivity contribution is 0.0983. The second-order valence-electron chi connectivity index (χ2n) is 9.04. The molecule has 0 fully saturated rings. The van der Waals surface area contributed by atoms with Crippen molar-refractivity contribution in [3.63, 3.8) is 0 Å². The van der Waals surface area contributed by atoms with E-state index in [0.29, 0.717) is 24.2 Å². The zero-order valence-electron chi connectivity index (χ0n) is 19.3. The van der Waals surface area contributed by atoms with Gasteiger partial charge in [-0.3, -0.25) is 4.79 Å². The Bertz CT molecular complexity index is 1050. The molecule has 33 heavy (non-hydrogen) atoms. The van der Waals surface area contributed by atoms with Gasteiger partial charge in [0.15, 0.2) is 11.5 Å². The molecule has 2 aliphatic heterocycles. The zero-order valence-corrected chi connectivity index (χ0v) is 21.0. The molecule has 0 aliphatic carbocycles. The van der Waals surface area contributed by atoms with Gasteiger partial charge in [0.05, 0.1) is 24.4 Å². The first-order valence-electron chi connectivity index (χ1n) is 11.0. The number of rotatable bonds is 8. The monoisotopic (exact) mass is 489 g/mol. The fourth-order valence-electron chi connectivity index (χ4n) is 4.46. The largest absolute Gasteiger partial charge is 0.504 e. The summed E-state index contributed by atoms with van der Waals surface area (Å²) in [5.74, 6) is 0.132. The number of methoxy groups -OCH3 is 1. The topological polar surface area (TPSA) is 94.1 Å². The first-order valence-corrected chi connectivity index (χ1v) is 13.6. The molecule has 0 saturated carbocycles. The van der Waals surface area contributed by atoms with Crippen LogP contribution in [0.15, 0.2) is 30.3 Å². The maximum absolute atomic E-state index is 13.5. The Kier molecular flexibility index (Phi) is 6.93. The smallest absolute Gasteiger partial charge is 0.260 e. The molecule has 1 unspecified atom stereocenters. The number of carbonyl (C=O) groups is 1. The highest BCUT2D eigenvalue weighted by Crippen LogP contribution is 2.41. The van der Waals surface area contributed by atoms with Gasteiger partial charge in [-0.05, 0) is 63.1 Å². The van der Waals surface area contributed by atoms with Crippen LogP contribution >= 0.6 is 21.6 Å². The molecule has 2 aromatic rings. The van der Waals surface area contributed by atoms with Crippen LogP contribution in [0.5, 0.6) is 11.5 Å². The number of aromatic hydroxyl groups is 1. The number of anilines is 3. The lowest BCUT2D eigenvalue weighted by atomic mass is 10.1. The highest BCUT2D eigenvalue weighted by atomic mass is 33.1.